The van der Waals surface area contributed by atoms with Crippen molar-refractivity contribution in [3.63, 3.8) is 0 Å². The maximum atomic E-state index is 12.6. The molecule has 1 fully saturated rings. The van der Waals surface area contributed by atoms with Crippen molar-refractivity contribution in [1.29, 1.82) is 0 Å². The van der Waals surface area contributed by atoms with Crippen LogP contribution >= 0.6 is 0 Å². The van der Waals surface area contributed by atoms with Gasteiger partial charge in [0.2, 0.25) is 5.91 Å². The van der Waals surface area contributed by atoms with Crippen molar-refractivity contribution in [2.45, 2.75) is 38.8 Å². The third-order valence-electron chi connectivity index (χ3n) is 4.84. The molecule has 0 radical (unpaired) electrons. The first-order valence-corrected chi connectivity index (χ1v) is 8.23. The van der Waals surface area contributed by atoms with Crippen LogP contribution in [0, 0.1) is 5.92 Å². The smallest absolute Gasteiger partial charge is 0.225 e. The molecule has 0 aliphatic carbocycles. The highest BCUT2D eigenvalue weighted by atomic mass is 16.5. The zero-order chi connectivity index (χ0) is 15.7. The van der Waals surface area contributed by atoms with Gasteiger partial charge in [-0.1, -0.05) is 32.0 Å². The van der Waals surface area contributed by atoms with E-state index in [1.165, 1.54) is 0 Å². The summed E-state index contributed by atoms with van der Waals surface area (Å²) in [7, 11) is 2.15. The number of hydrogen-bond acceptors (Lipinski definition) is 3. The number of amides is 1. The van der Waals surface area contributed by atoms with E-state index in [0.29, 0.717) is 13.1 Å². The summed E-state index contributed by atoms with van der Waals surface area (Å²) in [6, 6.07) is 8.15. The van der Waals surface area contributed by atoms with Gasteiger partial charge in [-0.05, 0) is 13.1 Å². The number of rotatable bonds is 1. The molecule has 0 saturated carbocycles. The van der Waals surface area contributed by atoms with Crippen molar-refractivity contribution in [3.8, 4) is 5.75 Å². The Kier molecular flexibility index (Phi) is 4.13. The Labute approximate surface area is 133 Å². The Bertz CT molecular complexity index is 548. The molecule has 4 heteroatoms. The first-order valence-electron chi connectivity index (χ1n) is 8.23. The highest BCUT2D eigenvalue weighted by molar-refractivity contribution is 5.78. The summed E-state index contributed by atoms with van der Waals surface area (Å²) in [5.41, 5.74) is 0.885. The Morgan fingerprint density at radius 2 is 1.91 bits per heavy atom. The number of benzene rings is 1. The number of fused-ring (bicyclic) bond motifs is 1. The maximum Gasteiger partial charge on any atom is 0.225 e. The number of hydrogen-bond donors (Lipinski definition) is 0. The van der Waals surface area contributed by atoms with Gasteiger partial charge in [-0.15, -0.1) is 0 Å². The summed E-state index contributed by atoms with van der Waals surface area (Å²) in [6.07, 6.45) is 1.94. The van der Waals surface area contributed by atoms with Crippen LogP contribution in [0.5, 0.6) is 5.75 Å². The van der Waals surface area contributed by atoms with Gasteiger partial charge in [-0.3, -0.25) is 4.79 Å². The summed E-state index contributed by atoms with van der Waals surface area (Å²) in [5, 5.41) is 0. The average Bonchev–Trinajstić information content (AvgIpc) is 2.66. The van der Waals surface area contributed by atoms with Crippen LogP contribution in [0.1, 0.15) is 32.3 Å². The van der Waals surface area contributed by atoms with E-state index in [9.17, 15) is 4.79 Å². The molecule has 0 aromatic heterocycles. The van der Waals surface area contributed by atoms with Gasteiger partial charge >= 0.3 is 0 Å². The van der Waals surface area contributed by atoms with E-state index < -0.39 is 0 Å². The fourth-order valence-corrected chi connectivity index (χ4v) is 3.42. The summed E-state index contributed by atoms with van der Waals surface area (Å²) >= 11 is 0. The number of nitrogens with zero attached hydrogens (tertiary/aromatic N) is 2. The Hall–Kier alpha value is -1.55. The quantitative estimate of drug-likeness (QED) is 0.799. The normalized spacial score (nSPS) is 21.4. The molecule has 1 saturated heterocycles. The molecule has 1 aromatic rings. The molecule has 2 heterocycles. The number of carbonyl (C=O) groups is 1. The predicted molar refractivity (Wildman–Crippen MR) is 86.8 cm³/mol. The second kappa shape index (κ2) is 5.92. The molecule has 0 unspecified atom stereocenters. The van der Waals surface area contributed by atoms with Crippen LogP contribution in [0.2, 0.25) is 0 Å². The van der Waals surface area contributed by atoms with Crippen molar-refractivity contribution in [2.24, 2.45) is 5.92 Å². The van der Waals surface area contributed by atoms with Gasteiger partial charge in [0.15, 0.2) is 0 Å². The predicted octanol–water partition coefficient (Wildman–Crippen LogP) is 2.53. The second-order valence-corrected chi connectivity index (χ2v) is 7.05. The van der Waals surface area contributed by atoms with Crippen molar-refractivity contribution >= 4 is 5.91 Å². The second-order valence-electron chi connectivity index (χ2n) is 7.05. The lowest BCUT2D eigenvalue weighted by molar-refractivity contribution is -0.138. The summed E-state index contributed by atoms with van der Waals surface area (Å²) in [4.78, 5) is 16.9. The van der Waals surface area contributed by atoms with E-state index in [0.717, 1.165) is 37.2 Å². The van der Waals surface area contributed by atoms with Crippen LogP contribution in [-0.4, -0.2) is 48.0 Å². The van der Waals surface area contributed by atoms with Crippen molar-refractivity contribution in [2.75, 3.05) is 26.7 Å². The molecule has 1 aromatic carbocycles. The van der Waals surface area contributed by atoms with Crippen molar-refractivity contribution in [1.82, 2.24) is 9.80 Å². The first kappa shape index (κ1) is 15.3. The van der Waals surface area contributed by atoms with Crippen LogP contribution in [0.15, 0.2) is 24.3 Å². The zero-order valence-corrected chi connectivity index (χ0v) is 13.8. The minimum absolute atomic E-state index is 0.0218. The largest absolute Gasteiger partial charge is 0.485 e. The van der Waals surface area contributed by atoms with Gasteiger partial charge in [0, 0.05) is 44.0 Å². The zero-order valence-electron chi connectivity index (χ0n) is 13.8. The summed E-state index contributed by atoms with van der Waals surface area (Å²) < 4.78 is 6.47. The minimum Gasteiger partial charge on any atom is -0.485 e. The van der Waals surface area contributed by atoms with E-state index in [-0.39, 0.29) is 17.4 Å². The highest BCUT2D eigenvalue weighted by Gasteiger charge is 2.41. The van der Waals surface area contributed by atoms with Crippen LogP contribution in [0.25, 0.3) is 0 Å². The van der Waals surface area contributed by atoms with Crippen molar-refractivity contribution in [3.05, 3.63) is 29.8 Å². The molecular weight excluding hydrogens is 276 g/mol. The van der Waals surface area contributed by atoms with Gasteiger partial charge in [-0.2, -0.15) is 0 Å². The Morgan fingerprint density at radius 1 is 1.23 bits per heavy atom. The third-order valence-corrected chi connectivity index (χ3v) is 4.84. The molecule has 4 nitrogen and oxygen atoms in total. The van der Waals surface area contributed by atoms with E-state index in [1.807, 2.05) is 36.9 Å². The Morgan fingerprint density at radius 3 is 2.59 bits per heavy atom. The first-order chi connectivity index (χ1) is 10.5. The van der Waals surface area contributed by atoms with Gasteiger partial charge in [-0.25, -0.2) is 0 Å². The molecule has 2 aliphatic rings. The summed E-state index contributed by atoms with van der Waals surface area (Å²) in [6.45, 7) is 7.34. The number of carbonyl (C=O) groups excluding carboxylic acids is 1. The molecule has 1 spiro atoms. The van der Waals surface area contributed by atoms with Gasteiger partial charge in [0.1, 0.15) is 11.4 Å². The number of likely N-dealkylation sites (tertiary alicyclic amines) is 1. The third kappa shape index (κ3) is 2.98. The average molecular weight is 302 g/mol. The number of ether oxygens (including phenoxy) is 1. The van der Waals surface area contributed by atoms with Gasteiger partial charge in [0.05, 0.1) is 6.54 Å². The minimum atomic E-state index is -0.232. The van der Waals surface area contributed by atoms with E-state index in [2.05, 4.69) is 18.0 Å². The van der Waals surface area contributed by atoms with Crippen LogP contribution in [-0.2, 0) is 11.3 Å². The lowest BCUT2D eigenvalue weighted by atomic mass is 9.90. The van der Waals surface area contributed by atoms with Crippen molar-refractivity contribution < 1.29 is 9.53 Å². The molecule has 120 valence electrons. The molecule has 0 N–H and O–H groups in total. The van der Waals surface area contributed by atoms with Gasteiger partial charge < -0.3 is 14.5 Å². The Balaban J connectivity index is 1.93. The van der Waals surface area contributed by atoms with Gasteiger partial charge in [0.25, 0.3) is 0 Å². The molecule has 0 atom stereocenters. The fraction of sp³-hybridized carbons (Fsp3) is 0.611. The molecule has 0 bridgehead atoms. The van der Waals surface area contributed by atoms with Crippen LogP contribution in [0.3, 0.4) is 0 Å². The fourth-order valence-electron chi connectivity index (χ4n) is 3.42. The molecule has 1 amide bonds. The molecular formula is C18H26N2O2. The summed E-state index contributed by atoms with van der Waals surface area (Å²) in [5.74, 6) is 1.19. The monoisotopic (exact) mass is 302 g/mol. The highest BCUT2D eigenvalue weighted by Crippen LogP contribution is 2.35. The lowest BCUT2D eigenvalue weighted by Gasteiger charge is -2.42. The van der Waals surface area contributed by atoms with E-state index in [1.54, 1.807) is 0 Å². The topological polar surface area (TPSA) is 32.8 Å². The van der Waals surface area contributed by atoms with Crippen LogP contribution < -0.4 is 4.74 Å². The SMILES string of the molecule is CC(C)C(=O)N1Cc2ccccc2OC2(CCN(C)CC2)C1. The van der Waals surface area contributed by atoms with Crippen LogP contribution in [0.4, 0.5) is 0 Å². The van der Waals surface area contributed by atoms with E-state index in [4.69, 9.17) is 4.74 Å². The molecule has 3 rings (SSSR count). The number of piperidine rings is 1. The standard InChI is InChI=1S/C18H26N2O2/c1-14(2)17(21)20-12-15-6-4-5-7-16(15)22-18(13-20)8-10-19(3)11-9-18/h4-7,14H,8-13H2,1-3H3. The maximum absolute atomic E-state index is 12.6. The number of para-hydroxylation sites is 1. The lowest BCUT2D eigenvalue weighted by Crippen LogP contribution is -2.54. The van der Waals surface area contributed by atoms with E-state index >= 15 is 0 Å². The molecule has 2 aliphatic heterocycles. The molecule has 22 heavy (non-hydrogen) atoms.